The predicted molar refractivity (Wildman–Crippen MR) is 70.7 cm³/mol. The van der Waals surface area contributed by atoms with Gasteiger partial charge in [-0.2, -0.15) is 0 Å². The monoisotopic (exact) mass is 234 g/mol. The van der Waals surface area contributed by atoms with Crippen LogP contribution in [0.1, 0.15) is 61.5 Å². The molecule has 0 atom stereocenters. The number of rotatable bonds is 4. The Labute approximate surface area is 104 Å². The molecule has 2 nitrogen and oxygen atoms in total. The highest BCUT2D eigenvalue weighted by Gasteiger charge is 2.15. The zero-order valence-electron chi connectivity index (χ0n) is 11.4. The molecule has 1 aromatic rings. The summed E-state index contributed by atoms with van der Waals surface area (Å²) >= 11 is 0. The van der Waals surface area contributed by atoms with Gasteiger partial charge in [0.1, 0.15) is 5.75 Å². The van der Waals surface area contributed by atoms with E-state index in [2.05, 4.69) is 0 Å². The summed E-state index contributed by atoms with van der Waals surface area (Å²) in [6, 6.07) is 3.54. The van der Waals surface area contributed by atoms with Crippen LogP contribution in [0.25, 0.3) is 0 Å². The summed E-state index contributed by atoms with van der Waals surface area (Å²) in [6.07, 6.45) is 0.559. The lowest BCUT2D eigenvalue weighted by Crippen LogP contribution is -2.07. The first-order chi connectivity index (χ1) is 7.82. The van der Waals surface area contributed by atoms with E-state index in [1.54, 1.807) is 6.07 Å². The minimum Gasteiger partial charge on any atom is -0.508 e. The maximum atomic E-state index is 12.1. The summed E-state index contributed by atoms with van der Waals surface area (Å²) in [7, 11) is 0. The Morgan fingerprint density at radius 2 is 1.82 bits per heavy atom. The van der Waals surface area contributed by atoms with E-state index in [9.17, 15) is 9.90 Å². The molecule has 0 heterocycles. The summed E-state index contributed by atoms with van der Waals surface area (Å²) < 4.78 is 0. The Morgan fingerprint density at radius 3 is 2.29 bits per heavy atom. The molecule has 0 spiro atoms. The van der Waals surface area contributed by atoms with E-state index in [0.717, 1.165) is 16.7 Å². The molecule has 0 aliphatic heterocycles. The van der Waals surface area contributed by atoms with Crippen LogP contribution in [0.4, 0.5) is 0 Å². The number of phenolic OH excluding ortho intramolecular Hbond substituents is 1. The number of ketones is 1. The highest BCUT2D eigenvalue weighted by Crippen LogP contribution is 2.29. The van der Waals surface area contributed by atoms with Gasteiger partial charge in [-0.3, -0.25) is 4.79 Å². The van der Waals surface area contributed by atoms with E-state index in [4.69, 9.17) is 0 Å². The van der Waals surface area contributed by atoms with Crippen LogP contribution in [0.5, 0.6) is 5.75 Å². The summed E-state index contributed by atoms with van der Waals surface area (Å²) in [6.45, 7) is 9.98. The van der Waals surface area contributed by atoms with E-state index in [1.165, 1.54) is 0 Å². The molecule has 0 saturated carbocycles. The summed E-state index contributed by atoms with van der Waals surface area (Å²) in [5.41, 5.74) is 2.46. The Morgan fingerprint density at radius 1 is 1.24 bits per heavy atom. The van der Waals surface area contributed by atoms with Crippen LogP contribution in [-0.4, -0.2) is 10.9 Å². The highest BCUT2D eigenvalue weighted by molar-refractivity contribution is 5.98. The molecule has 1 N–H and O–H groups in total. The Bertz CT molecular complexity index is 417. The molecule has 1 rings (SSSR count). The maximum absolute atomic E-state index is 12.1. The lowest BCUT2D eigenvalue weighted by molar-refractivity contribution is 0.0967. The molecule has 2 heteroatoms. The van der Waals surface area contributed by atoms with E-state index < -0.39 is 0 Å². The van der Waals surface area contributed by atoms with Gasteiger partial charge in [-0.25, -0.2) is 0 Å². The SMILES string of the molecule is Cc1cc(O)c(C(C)C)cc1C(=O)CC(C)C. The maximum Gasteiger partial charge on any atom is 0.163 e. The van der Waals surface area contributed by atoms with Crippen molar-refractivity contribution in [3.8, 4) is 5.75 Å². The first-order valence-corrected chi connectivity index (χ1v) is 6.19. The zero-order chi connectivity index (χ0) is 13.2. The van der Waals surface area contributed by atoms with Crippen molar-refractivity contribution < 1.29 is 9.90 Å². The number of phenols is 1. The second-order valence-electron chi connectivity index (χ2n) is 5.40. The van der Waals surface area contributed by atoms with Gasteiger partial charge in [-0.05, 0) is 42.0 Å². The molecule has 1 aromatic carbocycles. The molecular weight excluding hydrogens is 212 g/mol. The van der Waals surface area contributed by atoms with Gasteiger partial charge in [0, 0.05) is 12.0 Å². The van der Waals surface area contributed by atoms with Gasteiger partial charge in [-0.15, -0.1) is 0 Å². The minimum atomic E-state index is 0.166. The zero-order valence-corrected chi connectivity index (χ0v) is 11.4. The van der Waals surface area contributed by atoms with Gasteiger partial charge in [0.25, 0.3) is 0 Å². The van der Waals surface area contributed by atoms with Gasteiger partial charge >= 0.3 is 0 Å². The largest absolute Gasteiger partial charge is 0.508 e. The van der Waals surface area contributed by atoms with Crippen LogP contribution in [0.3, 0.4) is 0 Å². The lowest BCUT2D eigenvalue weighted by atomic mass is 9.92. The molecule has 0 fully saturated rings. The van der Waals surface area contributed by atoms with Crippen molar-refractivity contribution in [2.75, 3.05) is 0 Å². The first kappa shape index (κ1) is 13.8. The van der Waals surface area contributed by atoms with E-state index in [-0.39, 0.29) is 11.7 Å². The number of Topliss-reactive ketones (excluding diaryl/α,β-unsaturated/α-hetero) is 1. The molecule has 17 heavy (non-hydrogen) atoms. The Hall–Kier alpha value is -1.31. The van der Waals surface area contributed by atoms with E-state index >= 15 is 0 Å². The summed E-state index contributed by atoms with van der Waals surface area (Å²) in [5, 5.41) is 9.84. The van der Waals surface area contributed by atoms with Crippen LogP contribution >= 0.6 is 0 Å². The Balaban J connectivity index is 3.16. The molecule has 0 saturated heterocycles. The molecule has 0 aliphatic carbocycles. The van der Waals surface area contributed by atoms with Crippen LogP contribution in [-0.2, 0) is 0 Å². The normalized spacial score (nSPS) is 11.2. The van der Waals surface area contributed by atoms with Crippen LogP contribution in [0, 0.1) is 12.8 Å². The predicted octanol–water partition coefficient (Wildman–Crippen LogP) is 4.05. The summed E-state index contributed by atoms with van der Waals surface area (Å²) in [5.74, 6) is 1.04. The quantitative estimate of drug-likeness (QED) is 0.798. The van der Waals surface area contributed by atoms with Crippen molar-refractivity contribution in [1.29, 1.82) is 0 Å². The molecule has 0 radical (unpaired) electrons. The second kappa shape index (κ2) is 5.35. The lowest BCUT2D eigenvalue weighted by Gasteiger charge is -2.13. The highest BCUT2D eigenvalue weighted by atomic mass is 16.3. The second-order valence-corrected chi connectivity index (χ2v) is 5.40. The average Bonchev–Trinajstić information content (AvgIpc) is 2.15. The number of hydrogen-bond donors (Lipinski definition) is 1. The van der Waals surface area contributed by atoms with Gasteiger partial charge < -0.3 is 5.11 Å². The van der Waals surface area contributed by atoms with Gasteiger partial charge in [0.05, 0.1) is 0 Å². The standard InChI is InChI=1S/C15H22O2/c1-9(2)6-14(16)13-8-12(10(3)4)15(17)7-11(13)5/h7-10,17H,6H2,1-5H3. The molecule has 94 valence electrons. The van der Waals surface area contributed by atoms with Gasteiger partial charge in [-0.1, -0.05) is 27.7 Å². The minimum absolute atomic E-state index is 0.166. The number of benzene rings is 1. The number of carbonyl (C=O) groups is 1. The average molecular weight is 234 g/mol. The van der Waals surface area contributed by atoms with E-state index in [0.29, 0.717) is 18.1 Å². The van der Waals surface area contributed by atoms with Crippen molar-refractivity contribution >= 4 is 5.78 Å². The van der Waals surface area contributed by atoms with Crippen LogP contribution < -0.4 is 0 Å². The van der Waals surface area contributed by atoms with Crippen LogP contribution in [0.15, 0.2) is 12.1 Å². The van der Waals surface area contributed by atoms with Crippen LogP contribution in [0.2, 0.25) is 0 Å². The molecule has 0 aliphatic rings. The van der Waals surface area contributed by atoms with Crippen molar-refractivity contribution in [1.82, 2.24) is 0 Å². The molecule has 0 amide bonds. The van der Waals surface area contributed by atoms with Gasteiger partial charge in [0.15, 0.2) is 5.78 Å². The number of hydrogen-bond acceptors (Lipinski definition) is 2. The third-order valence-electron chi connectivity index (χ3n) is 2.89. The fraction of sp³-hybridized carbons (Fsp3) is 0.533. The fourth-order valence-electron chi connectivity index (χ4n) is 1.95. The van der Waals surface area contributed by atoms with Crippen molar-refractivity contribution in [2.24, 2.45) is 5.92 Å². The smallest absolute Gasteiger partial charge is 0.163 e. The molecule has 0 bridgehead atoms. The summed E-state index contributed by atoms with van der Waals surface area (Å²) in [4.78, 5) is 12.1. The van der Waals surface area contributed by atoms with Crippen molar-refractivity contribution in [3.63, 3.8) is 0 Å². The third kappa shape index (κ3) is 3.32. The fourth-order valence-corrected chi connectivity index (χ4v) is 1.95. The first-order valence-electron chi connectivity index (χ1n) is 6.19. The third-order valence-corrected chi connectivity index (χ3v) is 2.89. The van der Waals surface area contributed by atoms with Crippen molar-refractivity contribution in [3.05, 3.63) is 28.8 Å². The molecule has 0 unspecified atom stereocenters. The van der Waals surface area contributed by atoms with Crippen molar-refractivity contribution in [2.45, 2.75) is 47.0 Å². The Kier molecular flexibility index (Phi) is 4.33. The van der Waals surface area contributed by atoms with E-state index in [1.807, 2.05) is 40.7 Å². The van der Waals surface area contributed by atoms with Gasteiger partial charge in [0.2, 0.25) is 0 Å². The topological polar surface area (TPSA) is 37.3 Å². The molecular formula is C15H22O2. The number of aryl methyl sites for hydroxylation is 1. The molecule has 0 aromatic heterocycles. The number of carbonyl (C=O) groups excluding carboxylic acids is 1. The number of aromatic hydroxyl groups is 1.